The normalized spacial score (nSPS) is 11.3. The number of hydrogen-bond donors (Lipinski definition) is 1. The number of nitrogens with two attached hydrogens (primary N) is 1. The highest BCUT2D eigenvalue weighted by Gasteiger charge is 2.14. The van der Waals surface area contributed by atoms with Crippen LogP contribution in [0.3, 0.4) is 0 Å². The second kappa shape index (κ2) is 4.19. The van der Waals surface area contributed by atoms with Crippen molar-refractivity contribution in [1.29, 1.82) is 0 Å². The van der Waals surface area contributed by atoms with Gasteiger partial charge in [0.2, 0.25) is 0 Å². The quantitative estimate of drug-likeness (QED) is 0.770. The Morgan fingerprint density at radius 1 is 1.44 bits per heavy atom. The van der Waals surface area contributed by atoms with Crippen LogP contribution in [-0.4, -0.2) is 9.38 Å². The Balaban J connectivity index is 2.28. The van der Waals surface area contributed by atoms with Crippen LogP contribution in [0.4, 0.5) is 4.39 Å². The molecule has 2 aromatic heterocycles. The number of fused-ring (bicyclic) bond motifs is 1. The van der Waals surface area contributed by atoms with Gasteiger partial charge in [0.05, 0.1) is 5.69 Å². The highest BCUT2D eigenvalue weighted by atomic mass is 32.1. The zero-order valence-electron chi connectivity index (χ0n) is 9.85. The van der Waals surface area contributed by atoms with Gasteiger partial charge >= 0.3 is 0 Å². The Hall–Kier alpha value is -1.72. The Labute approximate surface area is 108 Å². The van der Waals surface area contributed by atoms with E-state index in [-0.39, 0.29) is 5.82 Å². The molecule has 0 aliphatic rings. The summed E-state index contributed by atoms with van der Waals surface area (Å²) in [5.74, 6) is -0.190. The molecule has 1 aromatic carbocycles. The summed E-state index contributed by atoms with van der Waals surface area (Å²) < 4.78 is 15.3. The van der Waals surface area contributed by atoms with E-state index < -0.39 is 0 Å². The van der Waals surface area contributed by atoms with Gasteiger partial charge in [-0.2, -0.15) is 0 Å². The van der Waals surface area contributed by atoms with E-state index in [0.29, 0.717) is 12.1 Å². The van der Waals surface area contributed by atoms with Crippen molar-refractivity contribution in [3.63, 3.8) is 0 Å². The zero-order chi connectivity index (χ0) is 12.7. The third kappa shape index (κ3) is 1.63. The summed E-state index contributed by atoms with van der Waals surface area (Å²) in [6, 6.07) is 5.12. The van der Waals surface area contributed by atoms with E-state index in [9.17, 15) is 4.39 Å². The maximum absolute atomic E-state index is 13.3. The van der Waals surface area contributed by atoms with Gasteiger partial charge in [-0.15, -0.1) is 0 Å². The number of imidazole rings is 1. The number of rotatable bonds is 2. The van der Waals surface area contributed by atoms with Crippen LogP contribution in [0.5, 0.6) is 0 Å². The van der Waals surface area contributed by atoms with Crippen molar-refractivity contribution < 1.29 is 4.39 Å². The molecule has 0 amide bonds. The zero-order valence-corrected chi connectivity index (χ0v) is 10.7. The van der Waals surface area contributed by atoms with Crippen LogP contribution in [-0.2, 0) is 6.54 Å². The highest BCUT2D eigenvalue weighted by molar-refractivity contribution is 7.17. The van der Waals surface area contributed by atoms with Crippen molar-refractivity contribution in [2.24, 2.45) is 5.73 Å². The molecule has 0 fully saturated rings. The third-order valence-electron chi connectivity index (χ3n) is 2.94. The molecule has 0 spiro atoms. The van der Waals surface area contributed by atoms with Crippen molar-refractivity contribution in [3.8, 4) is 11.3 Å². The molecule has 5 heteroatoms. The van der Waals surface area contributed by atoms with Crippen LogP contribution < -0.4 is 5.73 Å². The van der Waals surface area contributed by atoms with Crippen LogP contribution in [0.1, 0.15) is 10.4 Å². The van der Waals surface area contributed by atoms with Gasteiger partial charge in [-0.05, 0) is 30.7 Å². The van der Waals surface area contributed by atoms with Crippen molar-refractivity contribution in [2.75, 3.05) is 0 Å². The monoisotopic (exact) mass is 261 g/mol. The Morgan fingerprint density at radius 2 is 2.28 bits per heavy atom. The molecule has 3 nitrogen and oxygen atoms in total. The van der Waals surface area contributed by atoms with Crippen LogP contribution in [0.25, 0.3) is 16.2 Å². The number of thiazole rings is 1. The molecule has 0 atom stereocenters. The number of aromatic nitrogens is 2. The van der Waals surface area contributed by atoms with Gasteiger partial charge in [0.25, 0.3) is 0 Å². The fourth-order valence-electron chi connectivity index (χ4n) is 2.06. The van der Waals surface area contributed by atoms with Crippen LogP contribution in [0.15, 0.2) is 30.6 Å². The number of halogens is 1. The van der Waals surface area contributed by atoms with Crippen LogP contribution >= 0.6 is 11.3 Å². The summed E-state index contributed by atoms with van der Waals surface area (Å²) in [6.45, 7) is 2.22. The third-order valence-corrected chi connectivity index (χ3v) is 4.03. The second-order valence-corrected chi connectivity index (χ2v) is 5.18. The Kier molecular flexibility index (Phi) is 2.65. The highest BCUT2D eigenvalue weighted by Crippen LogP contribution is 2.31. The summed E-state index contributed by atoms with van der Waals surface area (Å²) in [6.07, 6.45) is 3.66. The minimum atomic E-state index is -0.190. The second-order valence-electron chi connectivity index (χ2n) is 4.12. The van der Waals surface area contributed by atoms with Gasteiger partial charge in [-0.3, -0.25) is 4.40 Å². The van der Waals surface area contributed by atoms with Crippen molar-refractivity contribution >= 4 is 16.3 Å². The van der Waals surface area contributed by atoms with Crippen LogP contribution in [0, 0.1) is 12.7 Å². The molecule has 0 aliphatic carbocycles. The lowest BCUT2D eigenvalue weighted by molar-refractivity contribution is 0.618. The van der Waals surface area contributed by atoms with E-state index in [1.54, 1.807) is 30.5 Å². The number of aryl methyl sites for hydroxylation is 1. The lowest BCUT2D eigenvalue weighted by atomic mass is 10.1. The predicted molar refractivity (Wildman–Crippen MR) is 71.1 cm³/mol. The van der Waals surface area contributed by atoms with Gasteiger partial charge in [0.1, 0.15) is 5.82 Å². The van der Waals surface area contributed by atoms with Gasteiger partial charge in [-0.25, -0.2) is 9.37 Å². The first-order chi connectivity index (χ1) is 8.70. The molecule has 0 radical (unpaired) electrons. The summed E-state index contributed by atoms with van der Waals surface area (Å²) >= 11 is 1.57. The molecule has 0 aliphatic heterocycles. The summed E-state index contributed by atoms with van der Waals surface area (Å²) in [5.41, 5.74) is 8.39. The summed E-state index contributed by atoms with van der Waals surface area (Å²) in [5, 5.41) is 0. The van der Waals surface area contributed by atoms with Crippen molar-refractivity contribution in [2.45, 2.75) is 13.5 Å². The van der Waals surface area contributed by atoms with E-state index in [0.717, 1.165) is 21.1 Å². The first-order valence-corrected chi connectivity index (χ1v) is 6.43. The predicted octanol–water partition coefficient (Wildman–Crippen LogP) is 2.97. The largest absolute Gasteiger partial charge is 0.326 e. The topological polar surface area (TPSA) is 43.3 Å². The molecule has 0 unspecified atom stereocenters. The molecular formula is C13H12FN3S. The Bertz CT molecular complexity index is 714. The molecule has 2 heterocycles. The minimum absolute atomic E-state index is 0.190. The molecule has 0 saturated heterocycles. The van der Waals surface area contributed by atoms with Crippen molar-refractivity contribution in [1.82, 2.24) is 9.38 Å². The maximum Gasteiger partial charge on any atom is 0.194 e. The summed E-state index contributed by atoms with van der Waals surface area (Å²) in [7, 11) is 0. The molecule has 0 saturated carbocycles. The fraction of sp³-hybridized carbons (Fsp3) is 0.154. The van der Waals surface area contributed by atoms with Crippen molar-refractivity contribution in [3.05, 3.63) is 46.9 Å². The first kappa shape index (κ1) is 11.4. The molecule has 92 valence electrons. The van der Waals surface area contributed by atoms with Gasteiger partial charge in [-0.1, -0.05) is 11.3 Å². The average Bonchev–Trinajstić information content (AvgIpc) is 2.92. The number of benzene rings is 1. The van der Waals surface area contributed by atoms with Gasteiger partial charge in [0.15, 0.2) is 4.96 Å². The summed E-state index contributed by atoms with van der Waals surface area (Å²) in [4.78, 5) is 6.23. The minimum Gasteiger partial charge on any atom is -0.326 e. The molecule has 2 N–H and O–H groups in total. The fourth-order valence-corrected chi connectivity index (χ4v) is 3.04. The maximum atomic E-state index is 13.3. The molecule has 3 aromatic rings. The van der Waals surface area contributed by atoms with E-state index in [4.69, 9.17) is 5.73 Å². The first-order valence-electron chi connectivity index (χ1n) is 5.62. The molecule has 3 rings (SSSR count). The lowest BCUT2D eigenvalue weighted by Crippen LogP contribution is -1.97. The van der Waals surface area contributed by atoms with Crippen LogP contribution in [0.2, 0.25) is 0 Å². The Morgan fingerprint density at radius 3 is 3.00 bits per heavy atom. The standard InChI is InChI=1S/C13H12FN3S/c1-8-6-9(2-3-10(8)14)12-11(7-15)18-13-16-4-5-17(12)13/h2-6H,7,15H2,1H3. The number of nitrogens with zero attached hydrogens (tertiary/aromatic N) is 2. The number of hydrogen-bond acceptors (Lipinski definition) is 3. The van der Waals surface area contributed by atoms with E-state index in [1.807, 2.05) is 16.7 Å². The van der Waals surface area contributed by atoms with Gasteiger partial charge < -0.3 is 5.73 Å². The average molecular weight is 261 g/mol. The SMILES string of the molecule is Cc1cc(-c2c(CN)sc3nccn23)ccc1F. The lowest BCUT2D eigenvalue weighted by Gasteiger charge is -2.05. The van der Waals surface area contributed by atoms with Gasteiger partial charge in [0, 0.05) is 29.4 Å². The molecule has 0 bridgehead atoms. The van der Waals surface area contributed by atoms with E-state index in [1.165, 1.54) is 6.07 Å². The smallest absolute Gasteiger partial charge is 0.194 e. The van der Waals surface area contributed by atoms with E-state index in [2.05, 4.69) is 4.98 Å². The molecular weight excluding hydrogens is 249 g/mol. The molecule has 18 heavy (non-hydrogen) atoms. The van der Waals surface area contributed by atoms with E-state index >= 15 is 0 Å².